The van der Waals surface area contributed by atoms with E-state index in [2.05, 4.69) is 4.98 Å². The van der Waals surface area contributed by atoms with Crippen LogP contribution < -0.4 is 10.5 Å². The molecule has 0 bridgehead atoms. The molecule has 3 aromatic rings. The number of hydrogen-bond acceptors (Lipinski definition) is 3. The molecule has 3 nitrogen and oxygen atoms in total. The van der Waals surface area contributed by atoms with Gasteiger partial charge >= 0.3 is 0 Å². The highest BCUT2D eigenvalue weighted by Gasteiger charge is 2.10. The summed E-state index contributed by atoms with van der Waals surface area (Å²) in [5, 5.41) is 0.663. The molecule has 0 aliphatic heterocycles. The first-order valence-corrected chi connectivity index (χ1v) is 5.91. The third kappa shape index (κ3) is 2.14. The van der Waals surface area contributed by atoms with Gasteiger partial charge in [-0.15, -0.1) is 0 Å². The Balaban J connectivity index is 2.09. The fourth-order valence-electron chi connectivity index (χ4n) is 1.93. The zero-order valence-corrected chi connectivity index (χ0v) is 10.3. The highest BCUT2D eigenvalue weighted by atomic mass is 19.1. The van der Waals surface area contributed by atoms with Crippen molar-refractivity contribution in [2.45, 2.75) is 0 Å². The zero-order chi connectivity index (χ0) is 14.1. The average Bonchev–Trinajstić information content (AvgIpc) is 2.45. The molecule has 1 heterocycles. The summed E-state index contributed by atoms with van der Waals surface area (Å²) in [7, 11) is 0. The van der Waals surface area contributed by atoms with E-state index in [0.29, 0.717) is 22.3 Å². The number of nitrogens with two attached hydrogens (primary N) is 1. The Bertz CT molecular complexity index is 790. The molecule has 3 rings (SSSR count). The van der Waals surface area contributed by atoms with Crippen LogP contribution in [-0.4, -0.2) is 4.98 Å². The van der Waals surface area contributed by atoms with Crippen LogP contribution in [0.4, 0.5) is 14.5 Å². The van der Waals surface area contributed by atoms with E-state index >= 15 is 0 Å². The van der Waals surface area contributed by atoms with Crippen LogP contribution in [0.25, 0.3) is 10.9 Å². The first-order chi connectivity index (χ1) is 9.65. The molecule has 0 amide bonds. The van der Waals surface area contributed by atoms with Gasteiger partial charge in [-0.1, -0.05) is 0 Å². The second-order valence-electron chi connectivity index (χ2n) is 4.23. The number of nitrogen functional groups attached to an aromatic ring is 1. The van der Waals surface area contributed by atoms with Crippen molar-refractivity contribution in [1.29, 1.82) is 0 Å². The van der Waals surface area contributed by atoms with E-state index in [4.69, 9.17) is 10.5 Å². The first-order valence-electron chi connectivity index (χ1n) is 5.91. The van der Waals surface area contributed by atoms with E-state index in [1.165, 1.54) is 6.07 Å². The Kier molecular flexibility index (Phi) is 2.95. The number of nitrogens with zero attached hydrogens (tertiary/aromatic N) is 1. The van der Waals surface area contributed by atoms with Gasteiger partial charge in [-0.2, -0.15) is 0 Å². The molecular formula is C15H10F2N2O. The van der Waals surface area contributed by atoms with E-state index < -0.39 is 11.6 Å². The van der Waals surface area contributed by atoms with Crippen molar-refractivity contribution in [3.8, 4) is 11.5 Å². The summed E-state index contributed by atoms with van der Waals surface area (Å²) in [5.74, 6) is -1.06. The molecule has 0 aliphatic carbocycles. The number of anilines is 1. The van der Waals surface area contributed by atoms with E-state index in [0.717, 1.165) is 12.1 Å². The van der Waals surface area contributed by atoms with Crippen molar-refractivity contribution in [3.63, 3.8) is 0 Å². The van der Waals surface area contributed by atoms with Crippen LogP contribution in [0.2, 0.25) is 0 Å². The van der Waals surface area contributed by atoms with Crippen molar-refractivity contribution in [1.82, 2.24) is 4.98 Å². The van der Waals surface area contributed by atoms with Crippen molar-refractivity contribution in [2.24, 2.45) is 0 Å². The summed E-state index contributed by atoms with van der Waals surface area (Å²) < 4.78 is 32.0. The largest absolute Gasteiger partial charge is 0.454 e. The SMILES string of the molecule is Nc1ccc(Oc2ccc(F)cc2F)c2cccnc12. The maximum atomic E-state index is 13.6. The maximum Gasteiger partial charge on any atom is 0.168 e. The van der Waals surface area contributed by atoms with E-state index in [1.54, 1.807) is 30.5 Å². The summed E-state index contributed by atoms with van der Waals surface area (Å²) in [6.45, 7) is 0. The highest BCUT2D eigenvalue weighted by molar-refractivity contribution is 5.93. The molecule has 0 fully saturated rings. The van der Waals surface area contributed by atoms with Crippen molar-refractivity contribution < 1.29 is 13.5 Å². The summed E-state index contributed by atoms with van der Waals surface area (Å²) in [4.78, 5) is 4.16. The van der Waals surface area contributed by atoms with Gasteiger partial charge in [0.05, 0.1) is 11.2 Å². The third-order valence-corrected chi connectivity index (χ3v) is 2.87. The number of aromatic nitrogens is 1. The molecule has 0 atom stereocenters. The zero-order valence-electron chi connectivity index (χ0n) is 10.3. The van der Waals surface area contributed by atoms with E-state index in [9.17, 15) is 8.78 Å². The molecule has 1 aromatic heterocycles. The second kappa shape index (κ2) is 4.77. The van der Waals surface area contributed by atoms with Crippen LogP contribution in [0, 0.1) is 11.6 Å². The molecule has 0 radical (unpaired) electrons. The molecule has 0 saturated carbocycles. The van der Waals surface area contributed by atoms with Gasteiger partial charge in [0.25, 0.3) is 0 Å². The van der Waals surface area contributed by atoms with Crippen LogP contribution in [0.1, 0.15) is 0 Å². The molecule has 0 saturated heterocycles. The van der Waals surface area contributed by atoms with Gasteiger partial charge in [0.15, 0.2) is 11.6 Å². The summed E-state index contributed by atoms with van der Waals surface area (Å²) in [6.07, 6.45) is 1.61. The van der Waals surface area contributed by atoms with Gasteiger partial charge in [-0.25, -0.2) is 8.78 Å². The van der Waals surface area contributed by atoms with Crippen molar-refractivity contribution in [3.05, 3.63) is 60.3 Å². The molecule has 100 valence electrons. The Hall–Kier alpha value is -2.69. The van der Waals surface area contributed by atoms with Crippen LogP contribution >= 0.6 is 0 Å². The number of benzene rings is 2. The number of ether oxygens (including phenoxy) is 1. The van der Waals surface area contributed by atoms with E-state index in [1.807, 2.05) is 0 Å². The fraction of sp³-hybridized carbons (Fsp3) is 0. The number of hydrogen-bond donors (Lipinski definition) is 1. The van der Waals surface area contributed by atoms with Gasteiger partial charge in [0.1, 0.15) is 11.6 Å². The molecule has 2 aromatic carbocycles. The normalized spacial score (nSPS) is 10.7. The summed E-state index contributed by atoms with van der Waals surface area (Å²) >= 11 is 0. The predicted octanol–water partition coefficient (Wildman–Crippen LogP) is 3.89. The fourth-order valence-corrected chi connectivity index (χ4v) is 1.93. The minimum atomic E-state index is -0.765. The molecular weight excluding hydrogens is 262 g/mol. The molecule has 20 heavy (non-hydrogen) atoms. The summed E-state index contributed by atoms with van der Waals surface area (Å²) in [5.41, 5.74) is 6.91. The monoisotopic (exact) mass is 272 g/mol. The van der Waals surface area contributed by atoms with Crippen molar-refractivity contribution in [2.75, 3.05) is 5.73 Å². The number of rotatable bonds is 2. The highest BCUT2D eigenvalue weighted by Crippen LogP contribution is 2.33. The second-order valence-corrected chi connectivity index (χ2v) is 4.23. The topological polar surface area (TPSA) is 48.1 Å². The molecule has 5 heteroatoms. The Labute approximate surface area is 113 Å². The Morgan fingerprint density at radius 1 is 1.00 bits per heavy atom. The number of fused-ring (bicyclic) bond motifs is 1. The quantitative estimate of drug-likeness (QED) is 0.720. The van der Waals surface area contributed by atoms with Crippen LogP contribution in [0.3, 0.4) is 0 Å². The number of pyridine rings is 1. The van der Waals surface area contributed by atoms with Gasteiger partial charge in [-0.05, 0) is 36.4 Å². The standard InChI is InChI=1S/C15H10F2N2O/c16-9-3-5-14(11(17)8-9)20-13-6-4-12(18)15-10(13)2-1-7-19-15/h1-8H,18H2. The smallest absolute Gasteiger partial charge is 0.168 e. The Morgan fingerprint density at radius 3 is 2.60 bits per heavy atom. The summed E-state index contributed by atoms with van der Waals surface area (Å²) in [6, 6.07) is 9.91. The van der Waals surface area contributed by atoms with Gasteiger partial charge in [0, 0.05) is 17.6 Å². The lowest BCUT2D eigenvalue weighted by molar-refractivity contribution is 0.441. The van der Waals surface area contributed by atoms with E-state index in [-0.39, 0.29) is 5.75 Å². The minimum Gasteiger partial charge on any atom is -0.454 e. The number of halogens is 2. The first kappa shape index (κ1) is 12.3. The molecule has 0 unspecified atom stereocenters. The van der Waals surface area contributed by atoms with Crippen LogP contribution in [-0.2, 0) is 0 Å². The average molecular weight is 272 g/mol. The third-order valence-electron chi connectivity index (χ3n) is 2.87. The van der Waals surface area contributed by atoms with Crippen LogP contribution in [0.5, 0.6) is 11.5 Å². The molecule has 2 N–H and O–H groups in total. The van der Waals surface area contributed by atoms with Gasteiger partial charge < -0.3 is 10.5 Å². The Morgan fingerprint density at radius 2 is 1.80 bits per heavy atom. The lowest BCUT2D eigenvalue weighted by atomic mass is 10.1. The van der Waals surface area contributed by atoms with Crippen molar-refractivity contribution >= 4 is 16.6 Å². The molecule has 0 spiro atoms. The predicted molar refractivity (Wildman–Crippen MR) is 72.6 cm³/mol. The van der Waals surface area contributed by atoms with Gasteiger partial charge in [-0.3, -0.25) is 4.98 Å². The minimum absolute atomic E-state index is 0.0543. The lowest BCUT2D eigenvalue weighted by Gasteiger charge is -2.10. The maximum absolute atomic E-state index is 13.6. The van der Waals surface area contributed by atoms with Gasteiger partial charge in [0.2, 0.25) is 0 Å². The lowest BCUT2D eigenvalue weighted by Crippen LogP contribution is -1.94. The molecule has 0 aliphatic rings. The van der Waals surface area contributed by atoms with Crippen LogP contribution in [0.15, 0.2) is 48.7 Å².